The first kappa shape index (κ1) is 46.4. The van der Waals surface area contributed by atoms with Crippen molar-refractivity contribution in [3.63, 3.8) is 0 Å². The Morgan fingerprint density at radius 3 is 2.17 bits per heavy atom. The van der Waals surface area contributed by atoms with E-state index in [0.717, 1.165) is 58.8 Å². The molecule has 3 N–H and O–H groups in total. The summed E-state index contributed by atoms with van der Waals surface area (Å²) < 4.78 is 97.5. The molecule has 0 aliphatic carbocycles. The van der Waals surface area contributed by atoms with Gasteiger partial charge in [-0.3, -0.25) is 4.79 Å². The molecule has 0 bridgehead atoms. The number of sulfonamides is 1. The van der Waals surface area contributed by atoms with Gasteiger partial charge in [-0.1, -0.05) is 66.2 Å². The topological polar surface area (TPSA) is 136 Å². The van der Waals surface area contributed by atoms with Gasteiger partial charge >= 0.3 is 5.51 Å². The van der Waals surface area contributed by atoms with E-state index in [1.165, 1.54) is 23.9 Å². The quantitative estimate of drug-likeness (QED) is 0.0872. The minimum atomic E-state index is -6.05. The molecule has 334 valence electrons. The van der Waals surface area contributed by atoms with Crippen molar-refractivity contribution >= 4 is 60.5 Å². The van der Waals surface area contributed by atoms with E-state index in [9.17, 15) is 39.9 Å². The molecule has 0 aromatic heterocycles. The number of piperidine rings is 1. The number of carbonyl (C=O) groups is 1. The van der Waals surface area contributed by atoms with Crippen LogP contribution in [0, 0.1) is 5.92 Å². The molecule has 2 unspecified atom stereocenters. The number of nitrogens with one attached hydrogen (secondary N) is 2. The number of carbonyl (C=O) groups excluding carboxylic acids is 1. The van der Waals surface area contributed by atoms with Crippen LogP contribution in [0.15, 0.2) is 136 Å². The number of alkyl halides is 3. The lowest BCUT2D eigenvalue weighted by molar-refractivity contribution is -0.0435. The Morgan fingerprint density at radius 1 is 0.857 bits per heavy atom. The number of hydrogen-bond acceptors (Lipinski definition) is 10. The van der Waals surface area contributed by atoms with Crippen LogP contribution < -0.4 is 14.9 Å². The number of amides is 1. The maximum absolute atomic E-state index is 14.2. The summed E-state index contributed by atoms with van der Waals surface area (Å²) in [7, 11) is -8.95. The zero-order valence-electron chi connectivity index (χ0n) is 34.3. The lowest BCUT2D eigenvalue weighted by atomic mass is 9.84. The average Bonchev–Trinajstić information content (AvgIpc) is 3.68. The number of halogens is 4. The zero-order valence-corrected chi connectivity index (χ0v) is 37.5. The van der Waals surface area contributed by atoms with Crippen molar-refractivity contribution in [3.8, 4) is 11.1 Å². The van der Waals surface area contributed by atoms with E-state index in [4.69, 9.17) is 11.6 Å². The number of rotatable bonds is 15. The number of thioether (sulfide) groups is 1. The summed E-state index contributed by atoms with van der Waals surface area (Å²) in [6, 6.07) is 32.8. The highest BCUT2D eigenvalue weighted by molar-refractivity contribution is 7.99. The van der Waals surface area contributed by atoms with Gasteiger partial charge in [-0.15, -0.1) is 11.8 Å². The third-order valence-corrected chi connectivity index (χ3v) is 16.1. The molecule has 5 aromatic carbocycles. The van der Waals surface area contributed by atoms with Gasteiger partial charge in [-0.2, -0.15) is 13.2 Å². The lowest BCUT2D eigenvalue weighted by Gasteiger charge is -2.36. The molecule has 0 saturated carbocycles. The van der Waals surface area contributed by atoms with Gasteiger partial charge in [-0.25, -0.2) is 21.6 Å². The highest BCUT2D eigenvalue weighted by Gasteiger charge is 2.48. The van der Waals surface area contributed by atoms with Crippen LogP contribution in [-0.4, -0.2) is 82.8 Å². The summed E-state index contributed by atoms with van der Waals surface area (Å²) in [5.74, 6) is -0.680. The largest absolute Gasteiger partial charge is 0.501 e. The highest BCUT2D eigenvalue weighted by atomic mass is 35.5. The molecule has 2 fully saturated rings. The Hall–Kier alpha value is -4.58. The van der Waals surface area contributed by atoms with Crippen LogP contribution in [0.4, 0.5) is 24.5 Å². The molecule has 0 spiro atoms. The summed E-state index contributed by atoms with van der Waals surface area (Å²) in [5.41, 5.74) is -2.68. The van der Waals surface area contributed by atoms with Crippen LogP contribution in [0.5, 0.6) is 0 Å². The molecular weight excluding hydrogens is 893 g/mol. The minimum Gasteiger partial charge on any atom is -0.388 e. The van der Waals surface area contributed by atoms with Gasteiger partial charge < -0.3 is 20.2 Å². The number of likely N-dealkylation sites (tertiary alicyclic amines) is 1. The molecule has 2 aliphatic heterocycles. The second-order valence-corrected chi connectivity index (χ2v) is 21.1. The van der Waals surface area contributed by atoms with E-state index >= 15 is 0 Å². The molecule has 5 aromatic rings. The van der Waals surface area contributed by atoms with Crippen molar-refractivity contribution in [2.45, 2.75) is 70.5 Å². The number of nitrogens with zero attached hydrogens (tertiary/aromatic N) is 2. The molecule has 2 heterocycles. The molecule has 1 amide bonds. The maximum Gasteiger partial charge on any atom is 0.501 e. The van der Waals surface area contributed by atoms with Crippen LogP contribution in [0.1, 0.15) is 54.1 Å². The number of hydrogen-bond donors (Lipinski definition) is 3. The van der Waals surface area contributed by atoms with Gasteiger partial charge in [-0.05, 0) is 135 Å². The normalized spacial score (nSPS) is 17.6. The molecular formula is C46H48ClF3N4O6S3. The molecule has 7 rings (SSSR count). The van der Waals surface area contributed by atoms with E-state index < -0.39 is 58.9 Å². The van der Waals surface area contributed by atoms with Crippen LogP contribution in [0.3, 0.4) is 0 Å². The van der Waals surface area contributed by atoms with Crippen molar-refractivity contribution in [1.29, 1.82) is 0 Å². The summed E-state index contributed by atoms with van der Waals surface area (Å²) >= 11 is 7.56. The Bertz CT molecular complexity index is 2600. The SMILES string of the molecule is CN1CCCC1CC(CSc1ccccc1)Nc1ccc(S(=O)(=O)NC(=O)c2ccc(N3CCC([C@@H](O)c4ccccc4-c4ccc(Cl)cc4)CC3)cc2)cc1S(=O)(=O)C(F)(F)F. The van der Waals surface area contributed by atoms with Crippen molar-refractivity contribution in [1.82, 2.24) is 9.62 Å². The lowest BCUT2D eigenvalue weighted by Crippen LogP contribution is -2.36. The second kappa shape index (κ2) is 19.7. The molecule has 63 heavy (non-hydrogen) atoms. The Labute approximate surface area is 375 Å². The van der Waals surface area contributed by atoms with Gasteiger partial charge in [0, 0.05) is 52.1 Å². The highest BCUT2D eigenvalue weighted by Crippen LogP contribution is 2.39. The first-order valence-corrected chi connectivity index (χ1v) is 24.9. The first-order chi connectivity index (χ1) is 30.0. The van der Waals surface area contributed by atoms with Crippen molar-refractivity contribution in [2.75, 3.05) is 42.7 Å². The van der Waals surface area contributed by atoms with Crippen LogP contribution >= 0.6 is 23.4 Å². The number of benzene rings is 5. The fraction of sp³-hybridized carbons (Fsp3) is 0.326. The summed E-state index contributed by atoms with van der Waals surface area (Å²) in [6.07, 6.45) is 2.98. The Kier molecular flexibility index (Phi) is 14.5. The van der Waals surface area contributed by atoms with E-state index in [2.05, 4.69) is 15.1 Å². The van der Waals surface area contributed by atoms with Gasteiger partial charge in [0.15, 0.2) is 0 Å². The van der Waals surface area contributed by atoms with E-state index in [0.29, 0.717) is 49.2 Å². The van der Waals surface area contributed by atoms with Crippen LogP contribution in [0.25, 0.3) is 11.1 Å². The van der Waals surface area contributed by atoms with Crippen LogP contribution in [0.2, 0.25) is 5.02 Å². The predicted octanol–water partition coefficient (Wildman–Crippen LogP) is 9.43. The van der Waals surface area contributed by atoms with Crippen molar-refractivity contribution < 1.29 is 39.9 Å². The smallest absolute Gasteiger partial charge is 0.388 e. The minimum absolute atomic E-state index is 0.0135. The fourth-order valence-electron chi connectivity index (χ4n) is 8.28. The molecule has 0 radical (unpaired) electrons. The molecule has 17 heteroatoms. The molecule has 2 saturated heterocycles. The zero-order chi connectivity index (χ0) is 44.9. The van der Waals surface area contributed by atoms with Gasteiger partial charge in [0.1, 0.15) is 4.90 Å². The second-order valence-electron chi connectivity index (χ2n) is 15.9. The number of aliphatic hydroxyl groups excluding tert-OH is 1. The summed E-state index contributed by atoms with van der Waals surface area (Å²) in [5, 5.41) is 15.1. The predicted molar refractivity (Wildman–Crippen MR) is 242 cm³/mol. The third kappa shape index (κ3) is 11.0. The number of aliphatic hydroxyl groups is 1. The summed E-state index contributed by atoms with van der Waals surface area (Å²) in [4.78, 5) is 16.4. The molecule has 2 aliphatic rings. The average molecular weight is 942 g/mol. The van der Waals surface area contributed by atoms with Gasteiger partial charge in [0.05, 0.1) is 16.7 Å². The fourth-order valence-corrected chi connectivity index (χ4v) is 11.4. The van der Waals surface area contributed by atoms with E-state index in [1.807, 2.05) is 90.6 Å². The van der Waals surface area contributed by atoms with Crippen molar-refractivity contribution in [2.24, 2.45) is 5.92 Å². The molecule has 10 nitrogen and oxygen atoms in total. The third-order valence-electron chi connectivity index (χ3n) is 11.8. The number of anilines is 2. The van der Waals surface area contributed by atoms with Gasteiger partial charge in [0.2, 0.25) is 0 Å². The maximum atomic E-state index is 14.2. The van der Waals surface area contributed by atoms with Crippen LogP contribution in [-0.2, 0) is 19.9 Å². The molecule has 3 atom stereocenters. The monoisotopic (exact) mass is 940 g/mol. The van der Waals surface area contributed by atoms with E-state index in [1.54, 1.807) is 12.1 Å². The number of sulfone groups is 1. The van der Waals surface area contributed by atoms with Crippen molar-refractivity contribution in [3.05, 3.63) is 137 Å². The first-order valence-electron chi connectivity index (χ1n) is 20.6. The van der Waals surface area contributed by atoms with Gasteiger partial charge in [0.25, 0.3) is 25.8 Å². The standard InChI is InChI=1S/C46H48ClF3N4O6S3/c1-53-25-7-8-37(53)28-35(30-61-38-9-3-2-4-10-38)51-42-22-21-39(29-43(42)62(57,58)46(48,49)50)63(59,60)52-45(56)33-15-19-36(20-16-33)54-26-23-32(24-27-54)44(55)41-12-6-5-11-40(41)31-13-17-34(47)18-14-31/h2-6,9-22,29,32,35,37,44,51,55H,7-8,23-28,30H2,1H3,(H,52,56)/t35?,37?,44-/m1/s1. The Balaban J connectivity index is 1.03. The Morgan fingerprint density at radius 2 is 1.52 bits per heavy atom. The van der Waals surface area contributed by atoms with E-state index in [-0.39, 0.29) is 17.5 Å². The summed E-state index contributed by atoms with van der Waals surface area (Å²) in [6.45, 7) is 2.08.